The zero-order valence-electron chi connectivity index (χ0n) is 20.8. The fraction of sp³-hybridized carbons (Fsp3) is 0.308. The predicted molar refractivity (Wildman–Crippen MR) is 141 cm³/mol. The molecule has 1 fully saturated rings. The Morgan fingerprint density at radius 2 is 1.84 bits per heavy atom. The van der Waals surface area contributed by atoms with Crippen molar-refractivity contribution >= 4 is 27.5 Å². The molecule has 4 N–H and O–H groups in total. The van der Waals surface area contributed by atoms with E-state index in [0.717, 1.165) is 22.7 Å². The highest BCUT2D eigenvalue weighted by molar-refractivity contribution is 7.89. The maximum atomic E-state index is 13.1. The molecule has 0 saturated carbocycles. The molecule has 0 bridgehead atoms. The zero-order valence-corrected chi connectivity index (χ0v) is 21.6. The van der Waals surface area contributed by atoms with Gasteiger partial charge in [-0.05, 0) is 62.2 Å². The number of carbonyl (C=O) groups excluding carboxylic acids is 1. The number of halogens is 1. The lowest BCUT2D eigenvalue weighted by molar-refractivity contribution is -0.130. The molecule has 37 heavy (non-hydrogen) atoms. The third kappa shape index (κ3) is 5.93. The van der Waals surface area contributed by atoms with Gasteiger partial charge in [0.25, 0.3) is 10.0 Å². The molecule has 1 saturated heterocycles. The SMILES string of the molecule is CN/C(N[C@H]1CCCN(C(=O)CNc2ccc(F)cc2)C1)=C1/C=CN(S(=O)(=O)c2ccc(C)cc2)C1=N. The van der Waals surface area contributed by atoms with E-state index < -0.39 is 10.0 Å². The van der Waals surface area contributed by atoms with E-state index in [1.807, 2.05) is 6.92 Å². The molecule has 1 atom stereocenters. The van der Waals surface area contributed by atoms with Crippen LogP contribution in [0, 0.1) is 18.2 Å². The number of likely N-dealkylation sites (tertiary alicyclic amines) is 1. The number of piperidine rings is 1. The van der Waals surface area contributed by atoms with Gasteiger partial charge in [-0.1, -0.05) is 17.7 Å². The number of benzene rings is 2. The van der Waals surface area contributed by atoms with Gasteiger partial charge in [0.05, 0.1) is 17.0 Å². The Bertz CT molecular complexity index is 1320. The third-order valence-electron chi connectivity index (χ3n) is 6.36. The van der Waals surface area contributed by atoms with Gasteiger partial charge in [0.2, 0.25) is 5.91 Å². The molecule has 9 nitrogen and oxygen atoms in total. The molecule has 2 aromatic rings. The van der Waals surface area contributed by atoms with Crippen molar-refractivity contribution in [3.8, 4) is 0 Å². The molecule has 196 valence electrons. The monoisotopic (exact) mass is 526 g/mol. The van der Waals surface area contributed by atoms with E-state index in [9.17, 15) is 17.6 Å². The van der Waals surface area contributed by atoms with Crippen LogP contribution in [0.1, 0.15) is 18.4 Å². The van der Waals surface area contributed by atoms with Gasteiger partial charge in [-0.3, -0.25) is 10.2 Å². The number of rotatable bonds is 8. The first-order valence-electron chi connectivity index (χ1n) is 12.0. The molecule has 2 aliphatic rings. The number of aryl methyl sites for hydroxylation is 1. The number of amides is 1. The quantitative estimate of drug-likeness (QED) is 0.420. The molecule has 2 aliphatic heterocycles. The topological polar surface area (TPSA) is 118 Å². The number of carbonyl (C=O) groups is 1. The van der Waals surface area contributed by atoms with Crippen LogP contribution in [-0.4, -0.2) is 62.1 Å². The summed E-state index contributed by atoms with van der Waals surface area (Å²) in [6.07, 6.45) is 4.58. The molecule has 0 unspecified atom stereocenters. The van der Waals surface area contributed by atoms with Crippen LogP contribution in [0.5, 0.6) is 0 Å². The Labute approximate surface area is 216 Å². The molecule has 2 aromatic carbocycles. The largest absolute Gasteiger partial charge is 0.376 e. The van der Waals surface area contributed by atoms with Gasteiger partial charge in [-0.15, -0.1) is 0 Å². The fourth-order valence-corrected chi connectivity index (χ4v) is 5.57. The smallest absolute Gasteiger partial charge is 0.269 e. The number of anilines is 1. The summed E-state index contributed by atoms with van der Waals surface area (Å²) in [5, 5.41) is 18.0. The van der Waals surface area contributed by atoms with E-state index in [2.05, 4.69) is 16.0 Å². The molecule has 2 heterocycles. The second kappa shape index (κ2) is 11.0. The predicted octanol–water partition coefficient (Wildman–Crippen LogP) is 2.75. The van der Waals surface area contributed by atoms with Gasteiger partial charge in [-0.25, -0.2) is 17.1 Å². The molecular formula is C26H31FN6O3S. The van der Waals surface area contributed by atoms with Gasteiger partial charge < -0.3 is 20.9 Å². The standard InChI is InChI=1S/C26H31FN6O3S/c1-18-5-11-22(12-6-18)37(35,36)33-15-13-23(25(33)28)26(29-2)31-21-4-3-14-32(17-21)24(34)16-30-20-9-7-19(27)8-10-20/h5-13,15,21,28-31H,3-4,14,16-17H2,1-2H3/b26-23+,28-25?/t21-/m0/s1. The Hall–Kier alpha value is -3.86. The summed E-state index contributed by atoms with van der Waals surface area (Å²) in [6.45, 7) is 3.07. The number of nitrogens with zero attached hydrogens (tertiary/aromatic N) is 2. The summed E-state index contributed by atoms with van der Waals surface area (Å²) in [7, 11) is -2.21. The lowest BCUT2D eigenvalue weighted by atomic mass is 10.1. The average molecular weight is 527 g/mol. The van der Waals surface area contributed by atoms with Crippen molar-refractivity contribution in [1.82, 2.24) is 19.8 Å². The number of hydrogen-bond donors (Lipinski definition) is 4. The van der Waals surface area contributed by atoms with Gasteiger partial charge in [-0.2, -0.15) is 0 Å². The van der Waals surface area contributed by atoms with E-state index in [1.165, 1.54) is 30.5 Å². The van der Waals surface area contributed by atoms with Crippen LogP contribution in [0.25, 0.3) is 0 Å². The van der Waals surface area contributed by atoms with Crippen LogP contribution in [0.3, 0.4) is 0 Å². The van der Waals surface area contributed by atoms with Crippen molar-refractivity contribution in [2.24, 2.45) is 0 Å². The minimum absolute atomic E-state index is 0.0710. The molecule has 1 amide bonds. The first-order chi connectivity index (χ1) is 17.7. The van der Waals surface area contributed by atoms with Crippen molar-refractivity contribution in [1.29, 1.82) is 5.41 Å². The molecule has 11 heteroatoms. The van der Waals surface area contributed by atoms with Gasteiger partial charge >= 0.3 is 0 Å². The fourth-order valence-electron chi connectivity index (χ4n) is 4.31. The van der Waals surface area contributed by atoms with Gasteiger partial charge in [0.15, 0.2) is 0 Å². The number of nitrogens with one attached hydrogen (secondary N) is 4. The van der Waals surface area contributed by atoms with Gasteiger partial charge in [0.1, 0.15) is 17.5 Å². The molecule has 0 aromatic heterocycles. The zero-order chi connectivity index (χ0) is 26.6. The van der Waals surface area contributed by atoms with E-state index >= 15 is 0 Å². The first-order valence-corrected chi connectivity index (χ1v) is 13.5. The molecule has 0 aliphatic carbocycles. The van der Waals surface area contributed by atoms with Crippen molar-refractivity contribution in [2.75, 3.05) is 32.0 Å². The summed E-state index contributed by atoms with van der Waals surface area (Å²) < 4.78 is 40.3. The maximum Gasteiger partial charge on any atom is 0.269 e. The first kappa shape index (κ1) is 26.2. The van der Waals surface area contributed by atoms with Crippen LogP contribution in [0.4, 0.5) is 10.1 Å². The Balaban J connectivity index is 1.40. The number of sulfonamides is 1. The van der Waals surface area contributed by atoms with Crippen LogP contribution in [-0.2, 0) is 14.8 Å². The summed E-state index contributed by atoms with van der Waals surface area (Å²) in [4.78, 5) is 14.6. The summed E-state index contributed by atoms with van der Waals surface area (Å²) >= 11 is 0. The van der Waals surface area contributed by atoms with E-state index in [1.54, 1.807) is 42.3 Å². The minimum Gasteiger partial charge on any atom is -0.376 e. The normalized spacial score (nSPS) is 19.1. The highest BCUT2D eigenvalue weighted by Gasteiger charge is 2.32. The molecular weight excluding hydrogens is 495 g/mol. The maximum absolute atomic E-state index is 13.1. The highest BCUT2D eigenvalue weighted by atomic mass is 32.2. The van der Waals surface area contributed by atoms with Crippen LogP contribution >= 0.6 is 0 Å². The van der Waals surface area contributed by atoms with Crippen molar-refractivity contribution < 1.29 is 17.6 Å². The Morgan fingerprint density at radius 1 is 1.14 bits per heavy atom. The lowest BCUT2D eigenvalue weighted by Gasteiger charge is -2.34. The lowest BCUT2D eigenvalue weighted by Crippen LogP contribution is -2.50. The summed E-state index contributed by atoms with van der Waals surface area (Å²) in [5.41, 5.74) is 2.03. The van der Waals surface area contributed by atoms with Crippen molar-refractivity contribution in [3.63, 3.8) is 0 Å². The molecule has 0 spiro atoms. The van der Waals surface area contributed by atoms with E-state index in [4.69, 9.17) is 5.41 Å². The van der Waals surface area contributed by atoms with Crippen molar-refractivity contribution in [2.45, 2.75) is 30.7 Å². The van der Waals surface area contributed by atoms with Crippen LogP contribution in [0.15, 0.2) is 77.1 Å². The number of amidine groups is 1. The van der Waals surface area contributed by atoms with Crippen molar-refractivity contribution in [3.05, 3.63) is 83.6 Å². The average Bonchev–Trinajstić information content (AvgIpc) is 3.29. The van der Waals surface area contributed by atoms with E-state index in [-0.39, 0.29) is 35.0 Å². The molecule has 4 rings (SSSR count). The Morgan fingerprint density at radius 3 is 2.51 bits per heavy atom. The molecule has 0 radical (unpaired) electrons. The highest BCUT2D eigenvalue weighted by Crippen LogP contribution is 2.25. The number of hydrogen-bond acceptors (Lipinski definition) is 7. The van der Waals surface area contributed by atoms with Crippen LogP contribution < -0.4 is 16.0 Å². The summed E-state index contributed by atoms with van der Waals surface area (Å²) in [5.74, 6) is -0.0491. The minimum atomic E-state index is -3.91. The Kier molecular flexibility index (Phi) is 7.82. The third-order valence-corrected chi connectivity index (χ3v) is 8.05. The second-order valence-electron chi connectivity index (χ2n) is 9.00. The van der Waals surface area contributed by atoms with E-state index in [0.29, 0.717) is 30.2 Å². The summed E-state index contributed by atoms with van der Waals surface area (Å²) in [6, 6.07) is 12.3. The van der Waals surface area contributed by atoms with Crippen LogP contribution in [0.2, 0.25) is 0 Å². The van der Waals surface area contributed by atoms with Gasteiger partial charge in [0, 0.05) is 38.1 Å². The second-order valence-corrected chi connectivity index (χ2v) is 10.8.